The van der Waals surface area contributed by atoms with Gasteiger partial charge in [-0.3, -0.25) is 4.79 Å². The van der Waals surface area contributed by atoms with Crippen molar-refractivity contribution in [3.05, 3.63) is 23.8 Å². The van der Waals surface area contributed by atoms with Gasteiger partial charge in [0, 0.05) is 18.7 Å². The molecule has 1 aliphatic rings. The molecule has 1 aromatic carbocycles. The van der Waals surface area contributed by atoms with Gasteiger partial charge < -0.3 is 10.6 Å². The molecule has 1 aliphatic heterocycles. The van der Waals surface area contributed by atoms with Crippen molar-refractivity contribution in [2.45, 2.75) is 43.4 Å². The molecule has 0 saturated heterocycles. The van der Waals surface area contributed by atoms with Crippen LogP contribution in [-0.4, -0.2) is 34.5 Å². The highest BCUT2D eigenvalue weighted by atomic mass is 32.2. The molecule has 1 heterocycles. The van der Waals surface area contributed by atoms with Crippen molar-refractivity contribution in [1.82, 2.24) is 4.72 Å². The highest BCUT2D eigenvalue weighted by molar-refractivity contribution is 7.89. The third kappa shape index (κ3) is 4.31. The first-order chi connectivity index (χ1) is 11.0. The van der Waals surface area contributed by atoms with Crippen LogP contribution in [0.5, 0.6) is 0 Å². The fourth-order valence-electron chi connectivity index (χ4n) is 2.83. The van der Waals surface area contributed by atoms with Crippen molar-refractivity contribution >= 4 is 21.6 Å². The molecule has 2 rings (SSSR count). The summed E-state index contributed by atoms with van der Waals surface area (Å²) < 4.78 is 26.0. The molecule has 128 valence electrons. The molecule has 0 bridgehead atoms. The van der Waals surface area contributed by atoms with Crippen LogP contribution in [0.1, 0.15) is 37.7 Å². The Morgan fingerprint density at radius 1 is 1.26 bits per heavy atom. The maximum atomic E-state index is 12.3. The Labute approximate surface area is 138 Å². The summed E-state index contributed by atoms with van der Waals surface area (Å²) in [6, 6.07) is 4.95. The van der Waals surface area contributed by atoms with E-state index in [0.717, 1.165) is 36.9 Å². The number of carbonyl (C=O) groups is 1. The second-order valence-corrected chi connectivity index (χ2v) is 7.63. The first-order valence-corrected chi connectivity index (χ1v) is 9.55. The molecule has 7 heteroatoms. The minimum absolute atomic E-state index is 0.112. The molecule has 1 amide bonds. The first kappa shape index (κ1) is 17.9. The number of nitrogens with two attached hydrogens (primary N) is 1. The van der Waals surface area contributed by atoms with Crippen LogP contribution >= 0.6 is 0 Å². The highest BCUT2D eigenvalue weighted by Crippen LogP contribution is 2.30. The number of fused-ring (bicyclic) bond motifs is 1. The molecule has 0 spiro atoms. The lowest BCUT2D eigenvalue weighted by Gasteiger charge is -2.17. The van der Waals surface area contributed by atoms with Gasteiger partial charge >= 0.3 is 0 Å². The average Bonchev–Trinajstić information content (AvgIpc) is 2.97. The van der Waals surface area contributed by atoms with Crippen molar-refractivity contribution in [2.75, 3.05) is 25.0 Å². The second kappa shape index (κ2) is 7.90. The quantitative estimate of drug-likeness (QED) is 0.700. The number of unbranched alkanes of at least 4 members (excludes halogenated alkanes) is 3. The highest BCUT2D eigenvalue weighted by Gasteiger charge is 2.25. The number of anilines is 1. The van der Waals surface area contributed by atoms with Crippen molar-refractivity contribution in [3.8, 4) is 0 Å². The van der Waals surface area contributed by atoms with Crippen LogP contribution in [-0.2, 0) is 21.2 Å². The van der Waals surface area contributed by atoms with E-state index in [9.17, 15) is 13.2 Å². The van der Waals surface area contributed by atoms with E-state index in [0.29, 0.717) is 25.9 Å². The van der Waals surface area contributed by atoms with Crippen molar-refractivity contribution in [2.24, 2.45) is 5.73 Å². The van der Waals surface area contributed by atoms with Crippen molar-refractivity contribution in [1.29, 1.82) is 0 Å². The monoisotopic (exact) mass is 339 g/mol. The van der Waals surface area contributed by atoms with E-state index in [1.807, 2.05) is 0 Å². The molecule has 0 radical (unpaired) electrons. The van der Waals surface area contributed by atoms with Gasteiger partial charge in [-0.1, -0.05) is 12.8 Å². The van der Waals surface area contributed by atoms with Crippen LogP contribution in [0.2, 0.25) is 0 Å². The number of benzene rings is 1. The molecule has 0 aliphatic carbocycles. The number of hydrogen-bond acceptors (Lipinski definition) is 4. The molecule has 1 aromatic rings. The summed E-state index contributed by atoms with van der Waals surface area (Å²) in [5, 5.41) is 0. The van der Waals surface area contributed by atoms with E-state index >= 15 is 0 Å². The van der Waals surface area contributed by atoms with E-state index in [4.69, 9.17) is 5.73 Å². The zero-order valence-corrected chi connectivity index (χ0v) is 14.4. The Morgan fingerprint density at radius 2 is 2.00 bits per heavy atom. The fraction of sp³-hybridized carbons (Fsp3) is 0.562. The second-order valence-electron chi connectivity index (χ2n) is 5.75. The Kier molecular flexibility index (Phi) is 6.15. The van der Waals surface area contributed by atoms with Crippen molar-refractivity contribution in [3.63, 3.8) is 0 Å². The topological polar surface area (TPSA) is 92.5 Å². The predicted molar refractivity (Wildman–Crippen MR) is 90.9 cm³/mol. The lowest BCUT2D eigenvalue weighted by atomic mass is 10.1. The largest absolute Gasteiger partial charge is 0.330 e. The Balaban J connectivity index is 2.00. The zero-order chi connectivity index (χ0) is 16.9. The van der Waals surface area contributed by atoms with Crippen molar-refractivity contribution < 1.29 is 13.2 Å². The number of rotatable bonds is 8. The lowest BCUT2D eigenvalue weighted by molar-refractivity contribution is -0.118. The molecule has 0 saturated carbocycles. The van der Waals surface area contributed by atoms with Crippen LogP contribution in [0.25, 0.3) is 0 Å². The van der Waals surface area contributed by atoms with Crippen LogP contribution in [0.3, 0.4) is 0 Å². The Hall–Kier alpha value is -1.44. The predicted octanol–water partition coefficient (Wildman–Crippen LogP) is 1.39. The van der Waals surface area contributed by atoms with Gasteiger partial charge in [0.2, 0.25) is 15.9 Å². The molecule has 3 N–H and O–H groups in total. The van der Waals surface area contributed by atoms with Gasteiger partial charge in [0.15, 0.2) is 0 Å². The van der Waals surface area contributed by atoms with Gasteiger partial charge in [-0.25, -0.2) is 13.1 Å². The number of nitrogens with one attached hydrogen (secondary N) is 1. The minimum Gasteiger partial charge on any atom is -0.330 e. The van der Waals surface area contributed by atoms with E-state index < -0.39 is 10.0 Å². The smallest absolute Gasteiger partial charge is 0.240 e. The summed E-state index contributed by atoms with van der Waals surface area (Å²) in [6.07, 6.45) is 5.18. The van der Waals surface area contributed by atoms with Crippen LogP contribution in [0.15, 0.2) is 23.1 Å². The fourth-order valence-corrected chi connectivity index (χ4v) is 3.61. The SMILES string of the molecule is CNS(=O)(=O)c1ccc2c(c1)CCN2C(=O)CCCCCCN. The summed E-state index contributed by atoms with van der Waals surface area (Å²) in [4.78, 5) is 14.4. The first-order valence-electron chi connectivity index (χ1n) is 8.06. The molecule has 0 unspecified atom stereocenters. The number of hydrogen-bond donors (Lipinski definition) is 2. The molecule has 23 heavy (non-hydrogen) atoms. The van der Waals surface area contributed by atoms with Gasteiger partial charge in [0.05, 0.1) is 4.90 Å². The van der Waals surface area contributed by atoms with E-state index in [1.54, 1.807) is 23.1 Å². The molecule has 0 fully saturated rings. The number of sulfonamides is 1. The molecular weight excluding hydrogens is 314 g/mol. The van der Waals surface area contributed by atoms with E-state index in [1.165, 1.54) is 7.05 Å². The van der Waals surface area contributed by atoms with E-state index in [2.05, 4.69) is 4.72 Å². The summed E-state index contributed by atoms with van der Waals surface area (Å²) in [5.74, 6) is 0.112. The molecular formula is C16H25N3O3S. The van der Waals surface area contributed by atoms with E-state index in [-0.39, 0.29) is 10.8 Å². The maximum Gasteiger partial charge on any atom is 0.240 e. The molecule has 6 nitrogen and oxygen atoms in total. The number of amides is 1. The molecule has 0 aromatic heterocycles. The minimum atomic E-state index is -3.44. The van der Waals surface area contributed by atoms with Crippen LogP contribution in [0, 0.1) is 0 Å². The third-order valence-electron chi connectivity index (χ3n) is 4.17. The van der Waals surface area contributed by atoms with Gasteiger partial charge in [0.1, 0.15) is 0 Å². The van der Waals surface area contributed by atoms with Gasteiger partial charge in [-0.15, -0.1) is 0 Å². The van der Waals surface area contributed by atoms with Gasteiger partial charge in [0.25, 0.3) is 0 Å². The summed E-state index contributed by atoms with van der Waals surface area (Å²) in [7, 11) is -2.05. The Bertz CT molecular complexity index is 659. The number of carbonyl (C=O) groups excluding carboxylic acids is 1. The van der Waals surface area contributed by atoms with Gasteiger partial charge in [-0.2, -0.15) is 0 Å². The summed E-state index contributed by atoms with van der Waals surface area (Å²) in [5.41, 5.74) is 7.21. The summed E-state index contributed by atoms with van der Waals surface area (Å²) >= 11 is 0. The van der Waals surface area contributed by atoms with Gasteiger partial charge in [-0.05, 0) is 56.6 Å². The molecule has 0 atom stereocenters. The standard InChI is InChI=1S/C16H25N3O3S/c1-18-23(21,22)14-7-8-15-13(12-14)9-11-19(15)16(20)6-4-2-3-5-10-17/h7-8,12,18H,2-6,9-11,17H2,1H3. The number of nitrogens with zero attached hydrogens (tertiary/aromatic N) is 1. The normalized spacial score (nSPS) is 14.1. The zero-order valence-electron chi connectivity index (χ0n) is 13.5. The Morgan fingerprint density at radius 3 is 2.70 bits per heavy atom. The summed E-state index contributed by atoms with van der Waals surface area (Å²) in [6.45, 7) is 1.32. The van der Waals surface area contributed by atoms with Crippen LogP contribution in [0.4, 0.5) is 5.69 Å². The average molecular weight is 339 g/mol. The maximum absolute atomic E-state index is 12.3. The van der Waals surface area contributed by atoms with Crippen LogP contribution < -0.4 is 15.4 Å². The lowest BCUT2D eigenvalue weighted by Crippen LogP contribution is -2.28. The third-order valence-corrected chi connectivity index (χ3v) is 5.58.